The van der Waals surface area contributed by atoms with E-state index in [-0.39, 0.29) is 18.7 Å². The fourth-order valence-corrected chi connectivity index (χ4v) is 4.94. The predicted octanol–water partition coefficient (Wildman–Crippen LogP) is 5.08. The minimum absolute atomic E-state index is 0.0703. The lowest BCUT2D eigenvalue weighted by molar-refractivity contribution is -0.293. The molecule has 2 aliphatic heterocycles. The summed E-state index contributed by atoms with van der Waals surface area (Å²) in [4.78, 5) is 18.8. The third-order valence-corrected chi connectivity index (χ3v) is 6.99. The third-order valence-electron chi connectivity index (χ3n) is 6.56. The highest BCUT2D eigenvalue weighted by atomic mass is 79.9. The van der Waals surface area contributed by atoms with Crippen molar-refractivity contribution in [2.75, 3.05) is 26.3 Å². The molecule has 1 amide bonds. The van der Waals surface area contributed by atoms with Gasteiger partial charge in [0, 0.05) is 48.2 Å². The Morgan fingerprint density at radius 1 is 1.21 bits per heavy atom. The monoisotopic (exact) mass is 513 g/mol. The average Bonchev–Trinajstić information content (AvgIpc) is 3.22. The molecule has 7 nitrogen and oxygen atoms in total. The summed E-state index contributed by atoms with van der Waals surface area (Å²) >= 11 is 3.53. The van der Waals surface area contributed by atoms with Crippen LogP contribution in [0.4, 0.5) is 4.79 Å². The number of ether oxygens (including phenoxy) is 3. The molecular weight excluding hydrogens is 486 g/mol. The molecule has 0 atom stereocenters. The van der Waals surface area contributed by atoms with E-state index in [1.54, 1.807) is 4.90 Å². The number of carbonyl (C=O) groups excluding carboxylic acids is 1. The van der Waals surface area contributed by atoms with Gasteiger partial charge in [-0.1, -0.05) is 37.3 Å². The molecule has 0 bridgehead atoms. The van der Waals surface area contributed by atoms with Crippen LogP contribution in [0.15, 0.2) is 53.3 Å². The van der Waals surface area contributed by atoms with Crippen LogP contribution in [0.5, 0.6) is 0 Å². The van der Waals surface area contributed by atoms with Gasteiger partial charge in [-0.25, -0.2) is 9.78 Å². The summed E-state index contributed by atoms with van der Waals surface area (Å²) in [5.74, 6) is -0.625. The number of carbonyl (C=O) groups is 1. The predicted molar refractivity (Wildman–Crippen MR) is 128 cm³/mol. The molecule has 174 valence electrons. The summed E-state index contributed by atoms with van der Waals surface area (Å²) in [5, 5.41) is 1.16. The Hall–Kier alpha value is -2.42. The van der Waals surface area contributed by atoms with Gasteiger partial charge in [-0.3, -0.25) is 0 Å². The molecule has 2 aliphatic rings. The number of hydrogen-bond donors (Lipinski definition) is 0. The van der Waals surface area contributed by atoms with Crippen molar-refractivity contribution in [3.05, 3.63) is 64.4 Å². The molecule has 2 saturated heterocycles. The molecule has 0 aliphatic carbocycles. The van der Waals surface area contributed by atoms with E-state index in [1.807, 2.05) is 36.5 Å². The standard InChI is InChI=1S/C25H28BrN3O4/c1-2-19-14-29(23-22(19)12-20(26)13-27-23)21-16-32-25(33-17-21)8-10-28(11-9-25)24(30)31-15-18-6-4-3-5-7-18/h3-7,12-14,21H,2,8-11,15-17H2,1H3. The highest BCUT2D eigenvalue weighted by Crippen LogP contribution is 2.35. The van der Waals surface area contributed by atoms with Crippen molar-refractivity contribution < 1.29 is 19.0 Å². The van der Waals surface area contributed by atoms with Gasteiger partial charge < -0.3 is 23.7 Å². The van der Waals surface area contributed by atoms with Gasteiger partial charge in [-0.05, 0) is 39.5 Å². The van der Waals surface area contributed by atoms with Gasteiger partial charge in [-0.15, -0.1) is 0 Å². The number of halogens is 1. The maximum Gasteiger partial charge on any atom is 0.410 e. The summed E-state index contributed by atoms with van der Waals surface area (Å²) in [6.45, 7) is 4.67. The fourth-order valence-electron chi connectivity index (χ4n) is 4.61. The lowest BCUT2D eigenvalue weighted by atomic mass is 10.0. The van der Waals surface area contributed by atoms with Gasteiger partial charge >= 0.3 is 6.09 Å². The second-order valence-electron chi connectivity index (χ2n) is 8.65. The lowest BCUT2D eigenvalue weighted by Gasteiger charge is -2.45. The van der Waals surface area contributed by atoms with E-state index < -0.39 is 5.79 Å². The van der Waals surface area contributed by atoms with Crippen LogP contribution in [-0.2, 0) is 27.2 Å². The van der Waals surface area contributed by atoms with Crippen LogP contribution in [0.3, 0.4) is 0 Å². The van der Waals surface area contributed by atoms with Gasteiger partial charge in [0.2, 0.25) is 0 Å². The van der Waals surface area contributed by atoms with Crippen LogP contribution in [0.1, 0.15) is 36.9 Å². The largest absolute Gasteiger partial charge is 0.445 e. The van der Waals surface area contributed by atoms with Crippen LogP contribution in [-0.4, -0.2) is 52.6 Å². The number of pyridine rings is 1. The molecule has 4 heterocycles. The molecule has 0 radical (unpaired) electrons. The number of aromatic nitrogens is 2. The molecule has 1 spiro atoms. The molecule has 1 aromatic carbocycles. The Morgan fingerprint density at radius 2 is 1.94 bits per heavy atom. The zero-order chi connectivity index (χ0) is 22.8. The van der Waals surface area contributed by atoms with Crippen molar-refractivity contribution in [1.29, 1.82) is 0 Å². The summed E-state index contributed by atoms with van der Waals surface area (Å²) in [7, 11) is 0. The number of benzene rings is 1. The molecule has 5 rings (SSSR count). The van der Waals surface area contributed by atoms with E-state index >= 15 is 0 Å². The second-order valence-corrected chi connectivity index (χ2v) is 9.57. The highest BCUT2D eigenvalue weighted by molar-refractivity contribution is 9.10. The molecule has 0 saturated carbocycles. The first-order chi connectivity index (χ1) is 16.1. The van der Waals surface area contributed by atoms with Crippen molar-refractivity contribution in [1.82, 2.24) is 14.5 Å². The first-order valence-electron chi connectivity index (χ1n) is 11.5. The minimum Gasteiger partial charge on any atom is -0.445 e. The Morgan fingerprint density at radius 3 is 2.64 bits per heavy atom. The number of aryl methyl sites for hydroxylation is 1. The van der Waals surface area contributed by atoms with Crippen molar-refractivity contribution >= 4 is 33.1 Å². The van der Waals surface area contributed by atoms with Crippen molar-refractivity contribution in [2.24, 2.45) is 0 Å². The zero-order valence-corrected chi connectivity index (χ0v) is 20.3. The van der Waals surface area contributed by atoms with Crippen molar-refractivity contribution in [3.8, 4) is 0 Å². The van der Waals surface area contributed by atoms with E-state index in [4.69, 9.17) is 14.2 Å². The SMILES string of the molecule is CCc1cn(C2COC3(CCN(C(=O)OCc4ccccc4)CC3)OC2)c2ncc(Br)cc12. The maximum atomic E-state index is 12.5. The molecule has 3 aromatic rings. The van der Waals surface area contributed by atoms with Crippen molar-refractivity contribution in [2.45, 2.75) is 44.6 Å². The van der Waals surface area contributed by atoms with Crippen molar-refractivity contribution in [3.63, 3.8) is 0 Å². The third kappa shape index (κ3) is 4.65. The molecule has 2 aromatic heterocycles. The summed E-state index contributed by atoms with van der Waals surface area (Å²) in [6, 6.07) is 11.9. The van der Waals surface area contributed by atoms with Gasteiger partial charge in [0.15, 0.2) is 5.79 Å². The molecule has 0 N–H and O–H groups in total. The highest BCUT2D eigenvalue weighted by Gasteiger charge is 2.42. The van der Waals surface area contributed by atoms with E-state index in [0.717, 1.165) is 27.5 Å². The van der Waals surface area contributed by atoms with Gasteiger partial charge in [0.1, 0.15) is 12.3 Å². The van der Waals surface area contributed by atoms with Crippen LogP contribution < -0.4 is 0 Å². The topological polar surface area (TPSA) is 65.8 Å². The molecule has 8 heteroatoms. The Balaban J connectivity index is 1.17. The number of piperidine rings is 1. The van der Waals surface area contributed by atoms with Crippen LogP contribution in [0.2, 0.25) is 0 Å². The average molecular weight is 514 g/mol. The molecule has 0 unspecified atom stereocenters. The Kier molecular flexibility index (Phi) is 6.40. The molecular formula is C25H28BrN3O4. The van der Waals surface area contributed by atoms with Gasteiger partial charge in [-0.2, -0.15) is 0 Å². The van der Waals surface area contributed by atoms with E-state index in [2.05, 4.69) is 44.7 Å². The number of fused-ring (bicyclic) bond motifs is 1. The first-order valence-corrected chi connectivity index (χ1v) is 12.2. The van der Waals surface area contributed by atoms with E-state index in [1.165, 1.54) is 5.56 Å². The summed E-state index contributed by atoms with van der Waals surface area (Å²) in [5.41, 5.74) is 3.20. The molecule has 33 heavy (non-hydrogen) atoms. The van der Waals surface area contributed by atoms with Crippen LogP contribution in [0.25, 0.3) is 11.0 Å². The minimum atomic E-state index is -0.625. The lowest BCUT2D eigenvalue weighted by Crippen LogP contribution is -2.53. The quantitative estimate of drug-likeness (QED) is 0.486. The molecule has 2 fully saturated rings. The summed E-state index contributed by atoms with van der Waals surface area (Å²) in [6.07, 6.45) is 5.93. The van der Waals surface area contributed by atoms with E-state index in [0.29, 0.717) is 39.1 Å². The second kappa shape index (κ2) is 9.44. The van der Waals surface area contributed by atoms with E-state index in [9.17, 15) is 4.79 Å². The number of hydrogen-bond acceptors (Lipinski definition) is 5. The zero-order valence-electron chi connectivity index (χ0n) is 18.7. The first kappa shape index (κ1) is 22.4. The smallest absolute Gasteiger partial charge is 0.410 e. The Labute approximate surface area is 201 Å². The number of rotatable bonds is 4. The summed E-state index contributed by atoms with van der Waals surface area (Å²) < 4.78 is 21.2. The van der Waals surface area contributed by atoms with Gasteiger partial charge in [0.05, 0.1) is 19.3 Å². The number of amides is 1. The fraction of sp³-hybridized carbons (Fsp3) is 0.440. The van der Waals surface area contributed by atoms with Gasteiger partial charge in [0.25, 0.3) is 0 Å². The van der Waals surface area contributed by atoms with Crippen LogP contribution >= 0.6 is 15.9 Å². The normalized spacial score (nSPS) is 18.7. The van der Waals surface area contributed by atoms with Crippen LogP contribution in [0, 0.1) is 0 Å². The number of likely N-dealkylation sites (tertiary alicyclic amines) is 1. The number of nitrogens with zero attached hydrogens (tertiary/aromatic N) is 3. The Bertz CT molecular complexity index is 1120. The maximum absolute atomic E-state index is 12.5.